The van der Waals surface area contributed by atoms with Crippen LogP contribution in [0.4, 0.5) is 0 Å². The van der Waals surface area contributed by atoms with E-state index in [1.807, 2.05) is 44.2 Å². The predicted molar refractivity (Wildman–Crippen MR) is 111 cm³/mol. The molecule has 1 N–H and O–H groups in total. The maximum absolute atomic E-state index is 12.1. The third-order valence-corrected chi connectivity index (χ3v) is 4.99. The van der Waals surface area contributed by atoms with Crippen LogP contribution in [-0.2, 0) is 14.3 Å². The van der Waals surface area contributed by atoms with Gasteiger partial charge in [0.2, 0.25) is 5.91 Å². The summed E-state index contributed by atoms with van der Waals surface area (Å²) in [5.74, 6) is 0.206. The van der Waals surface area contributed by atoms with Crippen LogP contribution in [0.5, 0.6) is 0 Å². The van der Waals surface area contributed by atoms with Crippen LogP contribution in [0.1, 0.15) is 32.5 Å². The number of esters is 1. The van der Waals surface area contributed by atoms with Gasteiger partial charge in [0.15, 0.2) is 5.65 Å². The molecule has 1 amide bonds. The van der Waals surface area contributed by atoms with Crippen molar-refractivity contribution in [1.29, 1.82) is 0 Å². The maximum atomic E-state index is 12.1. The first-order chi connectivity index (χ1) is 14.0. The zero-order chi connectivity index (χ0) is 20.8. The van der Waals surface area contributed by atoms with Gasteiger partial charge in [-0.1, -0.05) is 43.8 Å². The summed E-state index contributed by atoms with van der Waals surface area (Å²) in [6, 6.07) is 9.74. The highest BCUT2D eigenvalue weighted by Gasteiger charge is 2.17. The average Bonchev–Trinajstić information content (AvgIpc) is 3.15. The number of ether oxygens (including phenoxy) is 1. The van der Waals surface area contributed by atoms with Gasteiger partial charge in [0.25, 0.3) is 0 Å². The van der Waals surface area contributed by atoms with Crippen molar-refractivity contribution in [3.63, 3.8) is 0 Å². The molecule has 0 radical (unpaired) electrons. The van der Waals surface area contributed by atoms with Gasteiger partial charge in [-0.2, -0.15) is 5.10 Å². The number of amides is 1. The molecule has 0 fully saturated rings. The fourth-order valence-electron chi connectivity index (χ4n) is 2.59. The quantitative estimate of drug-likeness (QED) is 0.344. The van der Waals surface area contributed by atoms with Crippen LogP contribution >= 0.6 is 11.8 Å². The van der Waals surface area contributed by atoms with Gasteiger partial charge in [0.05, 0.1) is 29.6 Å². The molecule has 0 aliphatic rings. The van der Waals surface area contributed by atoms with E-state index in [4.69, 9.17) is 9.72 Å². The van der Waals surface area contributed by atoms with Crippen molar-refractivity contribution in [1.82, 2.24) is 25.1 Å². The third kappa shape index (κ3) is 5.11. The van der Waals surface area contributed by atoms with Gasteiger partial charge >= 0.3 is 5.97 Å². The topological polar surface area (TPSA) is 99.0 Å². The van der Waals surface area contributed by atoms with Gasteiger partial charge in [-0.15, -0.1) is 0 Å². The normalized spacial score (nSPS) is 11.0. The van der Waals surface area contributed by atoms with E-state index in [0.717, 1.165) is 11.1 Å². The van der Waals surface area contributed by atoms with Crippen molar-refractivity contribution in [3.8, 4) is 5.69 Å². The summed E-state index contributed by atoms with van der Waals surface area (Å²) in [7, 11) is 0. The molecule has 0 aliphatic heterocycles. The van der Waals surface area contributed by atoms with Crippen LogP contribution in [0.25, 0.3) is 16.7 Å². The number of nitrogens with zero attached hydrogens (tertiary/aromatic N) is 4. The molecule has 8 nitrogen and oxygen atoms in total. The van der Waals surface area contributed by atoms with Crippen LogP contribution in [0.3, 0.4) is 0 Å². The number of para-hydroxylation sites is 1. The van der Waals surface area contributed by atoms with Gasteiger partial charge < -0.3 is 10.1 Å². The third-order valence-electron chi connectivity index (χ3n) is 4.00. The number of carbonyl (C=O) groups is 2. The number of hydrogen-bond donors (Lipinski definition) is 1. The van der Waals surface area contributed by atoms with Crippen molar-refractivity contribution in [2.24, 2.45) is 0 Å². The molecule has 3 rings (SSSR count). The Labute approximate surface area is 173 Å². The van der Waals surface area contributed by atoms with Gasteiger partial charge in [0, 0.05) is 5.92 Å². The molecule has 1 aromatic carbocycles. The van der Waals surface area contributed by atoms with Crippen molar-refractivity contribution in [2.75, 3.05) is 18.9 Å². The largest absolute Gasteiger partial charge is 0.465 e. The predicted octanol–water partition coefficient (Wildman–Crippen LogP) is 2.71. The van der Waals surface area contributed by atoms with E-state index in [2.05, 4.69) is 15.4 Å². The summed E-state index contributed by atoms with van der Waals surface area (Å²) in [6.45, 7) is 5.90. The number of carbonyl (C=O) groups excluding carboxylic acids is 2. The fourth-order valence-corrected chi connectivity index (χ4v) is 3.42. The molecular weight excluding hydrogens is 390 g/mol. The SMILES string of the molecule is CCOC(=O)CNC(=O)CSc1nc(C(C)C)nc2c1cnn2-c1ccccc1. The summed E-state index contributed by atoms with van der Waals surface area (Å²) < 4.78 is 6.58. The average molecular weight is 414 g/mol. The smallest absolute Gasteiger partial charge is 0.325 e. The fraction of sp³-hybridized carbons (Fsp3) is 0.350. The summed E-state index contributed by atoms with van der Waals surface area (Å²) >= 11 is 1.29. The second-order valence-corrected chi connectivity index (χ2v) is 7.51. The lowest BCUT2D eigenvalue weighted by molar-refractivity contribution is -0.143. The minimum atomic E-state index is -0.457. The van der Waals surface area contributed by atoms with E-state index in [1.165, 1.54) is 11.8 Å². The van der Waals surface area contributed by atoms with E-state index in [9.17, 15) is 9.59 Å². The number of rotatable bonds is 8. The molecule has 3 aromatic rings. The number of aromatic nitrogens is 4. The molecule has 29 heavy (non-hydrogen) atoms. The highest BCUT2D eigenvalue weighted by Crippen LogP contribution is 2.28. The summed E-state index contributed by atoms with van der Waals surface area (Å²) in [4.78, 5) is 32.8. The van der Waals surface area contributed by atoms with E-state index < -0.39 is 5.97 Å². The lowest BCUT2D eigenvalue weighted by atomic mass is 10.2. The minimum absolute atomic E-state index is 0.121. The van der Waals surface area contributed by atoms with Crippen LogP contribution in [0, 0.1) is 0 Å². The molecule has 0 saturated carbocycles. The molecule has 0 bridgehead atoms. The Kier molecular flexibility index (Phi) is 6.82. The molecule has 0 atom stereocenters. The Morgan fingerprint density at radius 3 is 2.66 bits per heavy atom. The number of thioether (sulfide) groups is 1. The monoisotopic (exact) mass is 413 g/mol. The lowest BCUT2D eigenvalue weighted by Crippen LogP contribution is -2.31. The molecule has 0 unspecified atom stereocenters. The second-order valence-electron chi connectivity index (χ2n) is 6.54. The molecule has 2 heterocycles. The standard InChI is InChI=1S/C20H23N5O3S/c1-4-28-17(27)11-21-16(26)12-29-20-15-10-22-25(14-8-6-5-7-9-14)19(15)23-18(24-20)13(2)3/h5-10,13H,4,11-12H2,1-3H3,(H,21,26). The second kappa shape index (κ2) is 9.51. The van der Waals surface area contributed by atoms with Crippen molar-refractivity contribution >= 4 is 34.7 Å². The van der Waals surface area contributed by atoms with Crippen LogP contribution in [0.15, 0.2) is 41.6 Å². The van der Waals surface area contributed by atoms with Crippen LogP contribution in [0.2, 0.25) is 0 Å². The highest BCUT2D eigenvalue weighted by atomic mass is 32.2. The van der Waals surface area contributed by atoms with E-state index in [1.54, 1.807) is 17.8 Å². The molecule has 2 aromatic heterocycles. The molecule has 0 aliphatic carbocycles. The van der Waals surface area contributed by atoms with Gasteiger partial charge in [-0.05, 0) is 19.1 Å². The number of hydrogen-bond acceptors (Lipinski definition) is 7. The van der Waals surface area contributed by atoms with Gasteiger partial charge in [-0.3, -0.25) is 9.59 Å². The highest BCUT2D eigenvalue weighted by molar-refractivity contribution is 8.00. The summed E-state index contributed by atoms with van der Waals surface area (Å²) in [5, 5.41) is 8.49. The maximum Gasteiger partial charge on any atom is 0.325 e. The van der Waals surface area contributed by atoms with Crippen molar-refractivity contribution in [2.45, 2.75) is 31.7 Å². The Morgan fingerprint density at radius 1 is 1.21 bits per heavy atom. The summed E-state index contributed by atoms with van der Waals surface area (Å²) in [6.07, 6.45) is 1.71. The molecule has 9 heteroatoms. The minimum Gasteiger partial charge on any atom is -0.465 e. The number of nitrogens with one attached hydrogen (secondary N) is 1. The Bertz CT molecular complexity index is 1000. The van der Waals surface area contributed by atoms with E-state index >= 15 is 0 Å². The van der Waals surface area contributed by atoms with Crippen molar-refractivity contribution in [3.05, 3.63) is 42.4 Å². The molecule has 152 valence electrons. The number of fused-ring (bicyclic) bond motifs is 1. The number of benzene rings is 1. The summed E-state index contributed by atoms with van der Waals surface area (Å²) in [5.41, 5.74) is 1.60. The first-order valence-corrected chi connectivity index (χ1v) is 10.3. The van der Waals surface area contributed by atoms with Crippen LogP contribution in [-0.4, -0.2) is 50.5 Å². The van der Waals surface area contributed by atoms with Gasteiger partial charge in [-0.25, -0.2) is 14.6 Å². The Hall–Kier alpha value is -2.94. The van der Waals surface area contributed by atoms with Crippen molar-refractivity contribution < 1.29 is 14.3 Å². The van der Waals surface area contributed by atoms with E-state index in [0.29, 0.717) is 16.5 Å². The zero-order valence-corrected chi connectivity index (χ0v) is 17.4. The Balaban J connectivity index is 1.83. The zero-order valence-electron chi connectivity index (χ0n) is 16.6. The Morgan fingerprint density at radius 2 is 1.97 bits per heavy atom. The first-order valence-electron chi connectivity index (χ1n) is 9.35. The molecular formula is C20H23N5O3S. The molecule has 0 saturated heterocycles. The van der Waals surface area contributed by atoms with Gasteiger partial charge in [0.1, 0.15) is 17.4 Å². The lowest BCUT2D eigenvalue weighted by Gasteiger charge is -2.10. The van der Waals surface area contributed by atoms with E-state index in [-0.39, 0.29) is 30.7 Å². The first kappa shape index (κ1) is 20.8. The molecule has 0 spiro atoms. The van der Waals surface area contributed by atoms with Crippen LogP contribution < -0.4 is 5.32 Å².